The third kappa shape index (κ3) is 4.08. The molecule has 5 nitrogen and oxygen atoms in total. The molecule has 0 spiro atoms. The summed E-state index contributed by atoms with van der Waals surface area (Å²) in [5, 5.41) is 3.17. The minimum Gasteiger partial charge on any atom is -0.317 e. The largest absolute Gasteiger partial charge is 0.317 e. The number of halogens is 3. The summed E-state index contributed by atoms with van der Waals surface area (Å²) in [4.78, 5) is 27.3. The Morgan fingerprint density at radius 2 is 1.53 bits per heavy atom. The molecule has 1 aromatic heterocycles. The van der Waals surface area contributed by atoms with Crippen molar-refractivity contribution in [1.82, 2.24) is 9.88 Å². The lowest BCUT2D eigenvalue weighted by atomic mass is 10.1. The molecule has 1 aliphatic heterocycles. The number of benzene rings is 2. The predicted molar refractivity (Wildman–Crippen MR) is 138 cm³/mol. The third-order valence-electron chi connectivity index (χ3n) is 5.17. The summed E-state index contributed by atoms with van der Waals surface area (Å²) in [6, 6.07) is 14.6. The number of rotatable bonds is 3. The van der Waals surface area contributed by atoms with E-state index in [1.165, 1.54) is 4.90 Å². The normalized spacial score (nSPS) is 15.5. The van der Waals surface area contributed by atoms with Crippen LogP contribution in [0.1, 0.15) is 17.0 Å². The van der Waals surface area contributed by atoms with Gasteiger partial charge in [0.2, 0.25) is 0 Å². The maximum Gasteiger partial charge on any atom is 0.270 e. The van der Waals surface area contributed by atoms with Gasteiger partial charge in [0.1, 0.15) is 5.57 Å². The quantitative estimate of drug-likeness (QED) is 0.227. The first-order chi connectivity index (χ1) is 15.2. The van der Waals surface area contributed by atoms with Crippen molar-refractivity contribution in [3.8, 4) is 5.69 Å². The van der Waals surface area contributed by atoms with Crippen LogP contribution in [0.4, 0.5) is 5.69 Å². The highest BCUT2D eigenvalue weighted by Crippen LogP contribution is 2.33. The topological polar surface area (TPSA) is 54.3 Å². The fourth-order valence-corrected chi connectivity index (χ4v) is 4.85. The average Bonchev–Trinajstić information content (AvgIpc) is 2.96. The molecular weight excluding hydrogens is 578 g/mol. The van der Waals surface area contributed by atoms with Crippen molar-refractivity contribution in [2.75, 3.05) is 4.90 Å². The molecule has 1 saturated heterocycles. The fraction of sp³-hybridized carbons (Fsp3) is 0.0870. The molecule has 2 heterocycles. The van der Waals surface area contributed by atoms with Crippen molar-refractivity contribution in [2.24, 2.45) is 0 Å². The Bertz CT molecular complexity index is 1300. The van der Waals surface area contributed by atoms with Crippen LogP contribution < -0.4 is 10.2 Å². The second-order valence-electron chi connectivity index (χ2n) is 7.14. The predicted octanol–water partition coefficient (Wildman–Crippen LogP) is 6.10. The van der Waals surface area contributed by atoms with E-state index in [2.05, 4.69) is 41.7 Å². The Morgan fingerprint density at radius 3 is 2.16 bits per heavy atom. The van der Waals surface area contributed by atoms with Gasteiger partial charge in [-0.25, -0.2) is 0 Å². The summed E-state index contributed by atoms with van der Waals surface area (Å²) in [6.07, 6.45) is 1.60. The number of hydrogen-bond donors (Lipinski definition) is 1. The lowest BCUT2D eigenvalue weighted by Crippen LogP contribution is -2.54. The van der Waals surface area contributed by atoms with Crippen molar-refractivity contribution in [3.05, 3.63) is 85.0 Å². The molecule has 2 aromatic carbocycles. The summed E-state index contributed by atoms with van der Waals surface area (Å²) >= 11 is 18.3. The van der Waals surface area contributed by atoms with E-state index in [4.69, 9.17) is 23.8 Å². The summed E-state index contributed by atoms with van der Waals surface area (Å²) in [5.41, 5.74) is 4.06. The Balaban J connectivity index is 1.80. The molecule has 0 saturated carbocycles. The smallest absolute Gasteiger partial charge is 0.270 e. The standard InChI is InChI=1S/C23H16Br2ClN3O2S/c1-12-18(20(25)13(2)28(12)16-7-3-14(24)4-8-16)11-19-21(30)27-23(32)29(22(19)31)17-9-5-15(26)6-10-17/h3-11H,1-2H3,(H,27,30,32)/b19-11+. The zero-order valence-electron chi connectivity index (χ0n) is 16.9. The molecule has 4 rings (SSSR count). The fourth-order valence-electron chi connectivity index (χ4n) is 3.60. The SMILES string of the molecule is Cc1c(Br)c(/C=C2\C(=O)NC(=S)N(c3ccc(Cl)cc3)C2=O)c(C)n1-c1ccc(Br)cc1. The van der Waals surface area contributed by atoms with Gasteiger partial charge in [-0.3, -0.25) is 19.8 Å². The lowest BCUT2D eigenvalue weighted by Gasteiger charge is -2.29. The van der Waals surface area contributed by atoms with Crippen molar-refractivity contribution in [3.63, 3.8) is 0 Å². The van der Waals surface area contributed by atoms with E-state index in [-0.39, 0.29) is 10.7 Å². The van der Waals surface area contributed by atoms with Crippen molar-refractivity contribution in [2.45, 2.75) is 13.8 Å². The van der Waals surface area contributed by atoms with Gasteiger partial charge in [-0.2, -0.15) is 0 Å². The third-order valence-corrected chi connectivity index (χ3v) is 7.24. The molecule has 1 N–H and O–H groups in total. The van der Waals surface area contributed by atoms with Gasteiger partial charge in [0.05, 0.1) is 5.69 Å². The zero-order valence-corrected chi connectivity index (χ0v) is 21.7. The maximum absolute atomic E-state index is 13.3. The van der Waals surface area contributed by atoms with E-state index in [0.717, 1.165) is 31.6 Å². The summed E-state index contributed by atoms with van der Waals surface area (Å²) in [7, 11) is 0. The van der Waals surface area contributed by atoms with Gasteiger partial charge >= 0.3 is 0 Å². The van der Waals surface area contributed by atoms with Gasteiger partial charge in [-0.15, -0.1) is 0 Å². The Kier molecular flexibility index (Phi) is 6.40. The highest BCUT2D eigenvalue weighted by atomic mass is 79.9. The first kappa shape index (κ1) is 22.9. The number of aromatic nitrogens is 1. The van der Waals surface area contributed by atoms with Crippen LogP contribution in [-0.2, 0) is 9.59 Å². The van der Waals surface area contributed by atoms with Gasteiger partial charge in [-0.1, -0.05) is 27.5 Å². The molecule has 0 atom stereocenters. The average molecular weight is 594 g/mol. The Morgan fingerprint density at radius 1 is 0.938 bits per heavy atom. The summed E-state index contributed by atoms with van der Waals surface area (Å²) in [6.45, 7) is 3.91. The maximum atomic E-state index is 13.3. The molecule has 3 aromatic rings. The van der Waals surface area contributed by atoms with E-state index in [0.29, 0.717) is 10.7 Å². The Labute approximate surface area is 212 Å². The van der Waals surface area contributed by atoms with E-state index >= 15 is 0 Å². The van der Waals surface area contributed by atoms with Crippen LogP contribution in [0.25, 0.3) is 11.8 Å². The van der Waals surface area contributed by atoms with Crippen molar-refractivity contribution >= 4 is 84.4 Å². The van der Waals surface area contributed by atoms with E-state index in [9.17, 15) is 9.59 Å². The molecule has 0 unspecified atom stereocenters. The minimum atomic E-state index is -0.537. The molecular formula is C23H16Br2ClN3O2S. The number of carbonyl (C=O) groups is 2. The van der Waals surface area contributed by atoms with Crippen LogP contribution in [0.5, 0.6) is 0 Å². The lowest BCUT2D eigenvalue weighted by molar-refractivity contribution is -0.122. The summed E-state index contributed by atoms with van der Waals surface area (Å²) < 4.78 is 3.85. The van der Waals surface area contributed by atoms with Crippen LogP contribution in [-0.4, -0.2) is 21.5 Å². The molecule has 1 aliphatic rings. The van der Waals surface area contributed by atoms with E-state index in [1.807, 2.05) is 38.1 Å². The molecule has 2 amide bonds. The first-order valence-electron chi connectivity index (χ1n) is 9.49. The van der Waals surface area contributed by atoms with Gasteiger partial charge in [0, 0.05) is 36.6 Å². The second-order valence-corrected chi connectivity index (χ2v) is 9.68. The molecule has 32 heavy (non-hydrogen) atoms. The number of anilines is 1. The molecule has 0 aliphatic carbocycles. The van der Waals surface area contributed by atoms with Gasteiger partial charge < -0.3 is 4.57 Å². The van der Waals surface area contributed by atoms with Gasteiger partial charge in [0.15, 0.2) is 5.11 Å². The van der Waals surface area contributed by atoms with Crippen molar-refractivity contribution in [1.29, 1.82) is 0 Å². The van der Waals surface area contributed by atoms with Crippen LogP contribution in [0.15, 0.2) is 63.0 Å². The number of hydrogen-bond acceptors (Lipinski definition) is 3. The molecule has 162 valence electrons. The van der Waals surface area contributed by atoms with Crippen LogP contribution in [0.3, 0.4) is 0 Å². The van der Waals surface area contributed by atoms with Crippen LogP contribution in [0.2, 0.25) is 5.02 Å². The monoisotopic (exact) mass is 591 g/mol. The van der Waals surface area contributed by atoms with Crippen molar-refractivity contribution < 1.29 is 9.59 Å². The minimum absolute atomic E-state index is 0.00898. The van der Waals surface area contributed by atoms with Gasteiger partial charge in [-0.05, 0) is 96.6 Å². The number of thiocarbonyl (C=S) groups is 1. The van der Waals surface area contributed by atoms with Gasteiger partial charge in [0.25, 0.3) is 11.8 Å². The number of carbonyl (C=O) groups excluding carboxylic acids is 2. The number of nitrogens with zero attached hydrogens (tertiary/aromatic N) is 2. The van der Waals surface area contributed by atoms with Crippen LogP contribution >= 0.6 is 55.7 Å². The zero-order chi connectivity index (χ0) is 23.2. The molecule has 0 bridgehead atoms. The first-order valence-corrected chi connectivity index (χ1v) is 11.9. The molecule has 0 radical (unpaired) electrons. The Hall–Kier alpha value is -2.26. The van der Waals surface area contributed by atoms with E-state index < -0.39 is 11.8 Å². The second kappa shape index (κ2) is 8.94. The number of nitrogens with one attached hydrogen (secondary N) is 1. The summed E-state index contributed by atoms with van der Waals surface area (Å²) in [5.74, 6) is -1.04. The van der Waals surface area contributed by atoms with Crippen LogP contribution in [0, 0.1) is 13.8 Å². The van der Waals surface area contributed by atoms with E-state index in [1.54, 1.807) is 30.3 Å². The highest BCUT2D eigenvalue weighted by Gasteiger charge is 2.35. The molecule has 9 heteroatoms. The molecule has 1 fully saturated rings. The highest BCUT2D eigenvalue weighted by molar-refractivity contribution is 9.10. The number of amides is 2.